The number of carbonyl (C=O) groups is 2. The number of benzene rings is 1. The molecule has 0 radical (unpaired) electrons. The largest absolute Gasteiger partial charge is 0.497 e. The molecule has 1 saturated heterocycles. The monoisotopic (exact) mass is 570 g/mol. The van der Waals surface area contributed by atoms with Crippen molar-refractivity contribution in [1.29, 1.82) is 0 Å². The van der Waals surface area contributed by atoms with E-state index in [4.69, 9.17) is 23.7 Å². The van der Waals surface area contributed by atoms with E-state index in [0.717, 1.165) is 48.9 Å². The molecular weight excluding hydrogens is 528 g/mol. The maximum atomic E-state index is 13.3. The van der Waals surface area contributed by atoms with Gasteiger partial charge >= 0.3 is 6.09 Å². The van der Waals surface area contributed by atoms with E-state index >= 15 is 0 Å². The number of alkyl carbamates (subject to hydrolysis) is 1. The van der Waals surface area contributed by atoms with Gasteiger partial charge in [-0.2, -0.15) is 5.10 Å². The summed E-state index contributed by atoms with van der Waals surface area (Å²) in [5, 5.41) is 13.2. The van der Waals surface area contributed by atoms with E-state index in [2.05, 4.69) is 27.8 Å². The number of aromatic nitrogens is 2. The maximum Gasteiger partial charge on any atom is 0.407 e. The Morgan fingerprint density at radius 1 is 1.15 bits per heavy atom. The molecule has 3 aliphatic rings. The minimum Gasteiger partial charge on any atom is -0.497 e. The highest BCUT2D eigenvalue weighted by atomic mass is 16.7. The average molecular weight is 571 g/mol. The molecule has 2 aliphatic carbocycles. The summed E-state index contributed by atoms with van der Waals surface area (Å²) in [5.74, 6) is 1.74. The minimum absolute atomic E-state index is 0.00966. The van der Waals surface area contributed by atoms with Crippen molar-refractivity contribution in [2.45, 2.75) is 89.6 Å². The molecule has 2 heterocycles. The predicted octanol–water partition coefficient (Wildman–Crippen LogP) is 5.16. The van der Waals surface area contributed by atoms with Crippen molar-refractivity contribution in [3.05, 3.63) is 35.0 Å². The summed E-state index contributed by atoms with van der Waals surface area (Å²) in [7, 11) is 1.63. The van der Waals surface area contributed by atoms with E-state index in [-0.39, 0.29) is 41.9 Å². The summed E-state index contributed by atoms with van der Waals surface area (Å²) in [6.07, 6.45) is 4.01. The summed E-state index contributed by atoms with van der Waals surface area (Å²) in [6.45, 7) is 7.53. The van der Waals surface area contributed by atoms with E-state index < -0.39 is 6.29 Å². The Balaban J connectivity index is 1.23. The number of nitrogens with zero attached hydrogens (tertiary/aromatic N) is 1. The molecule has 11 heteroatoms. The SMILES string of the molecule is CCCCOc1cc(OC)cc([C@H]2C[C@@H]2C(=O)Nc2cc([C@H]3CC[C@@H](OC(=O)NC(C)C)C3)[nH]n2)c1C1OCCO1. The second-order valence-electron chi connectivity index (χ2n) is 11.4. The number of H-pyrrole nitrogens is 1. The third kappa shape index (κ3) is 7.13. The highest BCUT2D eigenvalue weighted by molar-refractivity contribution is 5.94. The number of ether oxygens (including phenoxy) is 5. The van der Waals surface area contributed by atoms with Crippen LogP contribution in [-0.2, 0) is 19.0 Å². The normalized spacial score (nSPS) is 23.9. The molecule has 1 aromatic heterocycles. The summed E-state index contributed by atoms with van der Waals surface area (Å²) in [5.41, 5.74) is 2.74. The number of unbranched alkanes of at least 4 members (excludes halogenated alkanes) is 1. The van der Waals surface area contributed by atoms with Crippen LogP contribution in [0.2, 0.25) is 0 Å². The van der Waals surface area contributed by atoms with Crippen LogP contribution in [-0.4, -0.2) is 61.3 Å². The van der Waals surface area contributed by atoms with Gasteiger partial charge in [0.15, 0.2) is 12.1 Å². The van der Waals surface area contributed by atoms with Crippen molar-refractivity contribution in [2.24, 2.45) is 5.92 Å². The highest BCUT2D eigenvalue weighted by Gasteiger charge is 2.47. The van der Waals surface area contributed by atoms with Crippen LogP contribution >= 0.6 is 0 Å². The molecule has 2 aromatic rings. The van der Waals surface area contributed by atoms with Gasteiger partial charge in [0.25, 0.3) is 0 Å². The second kappa shape index (κ2) is 13.1. The summed E-state index contributed by atoms with van der Waals surface area (Å²) < 4.78 is 29.0. The fraction of sp³-hybridized carbons (Fsp3) is 0.633. The number of nitrogens with one attached hydrogen (secondary N) is 3. The van der Waals surface area contributed by atoms with E-state index in [0.29, 0.717) is 43.6 Å². The summed E-state index contributed by atoms with van der Waals surface area (Å²) in [6, 6.07) is 5.76. The Morgan fingerprint density at radius 3 is 2.68 bits per heavy atom. The molecule has 11 nitrogen and oxygen atoms in total. The molecule has 2 saturated carbocycles. The van der Waals surface area contributed by atoms with Crippen molar-refractivity contribution in [3.8, 4) is 11.5 Å². The topological polar surface area (TPSA) is 133 Å². The first-order chi connectivity index (χ1) is 19.9. The van der Waals surface area contributed by atoms with Crippen LogP contribution < -0.4 is 20.1 Å². The van der Waals surface area contributed by atoms with Crippen molar-refractivity contribution >= 4 is 17.8 Å². The number of aromatic amines is 1. The number of rotatable bonds is 12. The average Bonchev–Trinajstić information content (AvgIpc) is 3.29. The van der Waals surface area contributed by atoms with Gasteiger partial charge in [0, 0.05) is 35.7 Å². The Labute approximate surface area is 241 Å². The third-order valence-electron chi connectivity index (χ3n) is 7.88. The molecule has 1 aliphatic heterocycles. The zero-order valence-corrected chi connectivity index (χ0v) is 24.4. The zero-order valence-electron chi connectivity index (χ0n) is 24.4. The Hall–Kier alpha value is -3.31. The first-order valence-corrected chi connectivity index (χ1v) is 14.8. The van der Waals surface area contributed by atoms with Crippen LogP contribution in [0.4, 0.5) is 10.6 Å². The lowest BCUT2D eigenvalue weighted by atomic mass is 9.99. The van der Waals surface area contributed by atoms with E-state index in [1.165, 1.54) is 0 Å². The standard InChI is InChI=1S/C30H42N4O7/c1-5-6-9-38-25-14-20(37-4)13-22(27(25)29-39-10-11-40-29)21-15-23(21)28(35)32-26-16-24(33-34-26)18-7-8-19(12-18)41-30(36)31-17(2)3/h13-14,16-19,21,23,29H,5-12,15H2,1-4H3,(H,31,36)(H2,32,33,34,35)/t18-,19+,21+,23-/m0/s1. The Kier molecular flexibility index (Phi) is 9.34. The predicted molar refractivity (Wildman–Crippen MR) is 151 cm³/mol. The quantitative estimate of drug-likeness (QED) is 0.298. The van der Waals surface area contributed by atoms with Crippen molar-refractivity contribution in [2.75, 3.05) is 32.2 Å². The van der Waals surface area contributed by atoms with Crippen LogP contribution in [0.1, 0.15) is 94.2 Å². The zero-order chi connectivity index (χ0) is 28.9. The molecule has 224 valence electrons. The summed E-state index contributed by atoms with van der Waals surface area (Å²) in [4.78, 5) is 25.2. The van der Waals surface area contributed by atoms with Crippen LogP contribution in [0.3, 0.4) is 0 Å². The van der Waals surface area contributed by atoms with Crippen molar-refractivity contribution < 1.29 is 33.3 Å². The molecule has 1 aromatic carbocycles. The van der Waals surface area contributed by atoms with Gasteiger partial charge in [0.05, 0.1) is 32.5 Å². The number of hydrogen-bond acceptors (Lipinski definition) is 8. The highest BCUT2D eigenvalue weighted by Crippen LogP contribution is 2.53. The fourth-order valence-electron chi connectivity index (χ4n) is 5.68. The molecule has 0 bridgehead atoms. The second-order valence-corrected chi connectivity index (χ2v) is 11.4. The molecule has 5 rings (SSSR count). The van der Waals surface area contributed by atoms with Gasteiger partial charge < -0.3 is 34.3 Å². The summed E-state index contributed by atoms with van der Waals surface area (Å²) >= 11 is 0. The van der Waals surface area contributed by atoms with Gasteiger partial charge in [0.2, 0.25) is 5.91 Å². The number of methoxy groups -OCH3 is 1. The molecule has 3 N–H and O–H groups in total. The van der Waals surface area contributed by atoms with Crippen LogP contribution in [0.15, 0.2) is 18.2 Å². The van der Waals surface area contributed by atoms with E-state index in [1.807, 2.05) is 32.0 Å². The lowest BCUT2D eigenvalue weighted by Gasteiger charge is -2.21. The number of carbonyl (C=O) groups excluding carboxylic acids is 2. The van der Waals surface area contributed by atoms with Gasteiger partial charge in [-0.05, 0) is 63.5 Å². The third-order valence-corrected chi connectivity index (χ3v) is 7.88. The van der Waals surface area contributed by atoms with Gasteiger partial charge in [-0.15, -0.1) is 0 Å². The van der Waals surface area contributed by atoms with Gasteiger partial charge in [0.1, 0.15) is 17.6 Å². The minimum atomic E-state index is -0.526. The molecule has 3 fully saturated rings. The number of anilines is 1. The maximum absolute atomic E-state index is 13.3. The van der Waals surface area contributed by atoms with Gasteiger partial charge in [-0.25, -0.2) is 4.79 Å². The molecular formula is C30H42N4O7. The molecule has 2 amide bonds. The number of hydrogen-bond donors (Lipinski definition) is 3. The molecule has 0 spiro atoms. The van der Waals surface area contributed by atoms with Crippen LogP contribution in [0.25, 0.3) is 0 Å². The molecule has 0 unspecified atom stereocenters. The Morgan fingerprint density at radius 2 is 1.95 bits per heavy atom. The van der Waals surface area contributed by atoms with E-state index in [9.17, 15) is 9.59 Å². The lowest BCUT2D eigenvalue weighted by Crippen LogP contribution is -2.33. The Bertz CT molecular complexity index is 1210. The van der Waals surface area contributed by atoms with Crippen molar-refractivity contribution in [1.82, 2.24) is 15.5 Å². The first-order valence-electron chi connectivity index (χ1n) is 14.8. The fourth-order valence-corrected chi connectivity index (χ4v) is 5.68. The van der Waals surface area contributed by atoms with Crippen LogP contribution in [0, 0.1) is 5.92 Å². The van der Waals surface area contributed by atoms with E-state index in [1.54, 1.807) is 7.11 Å². The lowest BCUT2D eigenvalue weighted by molar-refractivity contribution is -0.117. The smallest absolute Gasteiger partial charge is 0.407 e. The van der Waals surface area contributed by atoms with Gasteiger partial charge in [-0.1, -0.05) is 13.3 Å². The first kappa shape index (κ1) is 29.2. The van der Waals surface area contributed by atoms with Gasteiger partial charge in [-0.3, -0.25) is 9.89 Å². The molecule has 4 atom stereocenters. The molecule has 41 heavy (non-hydrogen) atoms. The van der Waals surface area contributed by atoms with Crippen molar-refractivity contribution in [3.63, 3.8) is 0 Å². The number of amides is 2. The van der Waals surface area contributed by atoms with Crippen LogP contribution in [0.5, 0.6) is 11.5 Å².